The molecule has 4 atom stereocenters. The van der Waals surface area contributed by atoms with Gasteiger partial charge >= 0.3 is 5.97 Å². The molecule has 7 nitrogen and oxygen atoms in total. The van der Waals surface area contributed by atoms with Crippen LogP contribution in [0.15, 0.2) is 9.93 Å². The SMILES string of the molecule is CC(SC1=C(C(=O)O)N2C(=O)C(C(C)O)[C@H]2S1)C(N)=O. The van der Waals surface area contributed by atoms with E-state index in [1.165, 1.54) is 23.6 Å². The number of carboxylic acid groups (broad SMARTS) is 1. The van der Waals surface area contributed by atoms with E-state index in [4.69, 9.17) is 5.73 Å². The van der Waals surface area contributed by atoms with Crippen LogP contribution in [-0.2, 0) is 14.4 Å². The van der Waals surface area contributed by atoms with Gasteiger partial charge in [0.25, 0.3) is 0 Å². The molecule has 2 aliphatic heterocycles. The molecule has 110 valence electrons. The number of rotatable bonds is 5. The van der Waals surface area contributed by atoms with Crippen molar-refractivity contribution in [1.29, 1.82) is 0 Å². The highest BCUT2D eigenvalue weighted by molar-refractivity contribution is 8.23. The largest absolute Gasteiger partial charge is 0.477 e. The molecule has 2 rings (SSSR count). The number of fused-ring (bicyclic) bond motifs is 1. The van der Waals surface area contributed by atoms with Crippen LogP contribution in [0.4, 0.5) is 0 Å². The summed E-state index contributed by atoms with van der Waals surface area (Å²) >= 11 is 2.21. The van der Waals surface area contributed by atoms with Gasteiger partial charge in [-0.25, -0.2) is 4.79 Å². The minimum absolute atomic E-state index is 0.125. The van der Waals surface area contributed by atoms with Crippen LogP contribution in [0, 0.1) is 5.92 Å². The lowest BCUT2D eigenvalue weighted by molar-refractivity contribution is -0.156. The summed E-state index contributed by atoms with van der Waals surface area (Å²) in [4.78, 5) is 35.5. The molecule has 9 heteroatoms. The molecule has 1 saturated heterocycles. The molecule has 0 aliphatic carbocycles. The Bertz CT molecular complexity index is 519. The molecule has 0 spiro atoms. The molecule has 0 aromatic carbocycles. The number of carboxylic acids is 1. The van der Waals surface area contributed by atoms with Crippen LogP contribution in [0.25, 0.3) is 0 Å². The van der Waals surface area contributed by atoms with Crippen molar-refractivity contribution in [1.82, 2.24) is 4.90 Å². The number of carbonyl (C=O) groups excluding carboxylic acids is 2. The minimum Gasteiger partial charge on any atom is -0.477 e. The number of thioether (sulfide) groups is 2. The first-order valence-corrected chi connectivity index (χ1v) is 7.63. The number of hydrogen-bond donors (Lipinski definition) is 3. The van der Waals surface area contributed by atoms with E-state index in [2.05, 4.69) is 0 Å². The highest BCUT2D eigenvalue weighted by Crippen LogP contribution is 2.54. The van der Waals surface area contributed by atoms with Crippen LogP contribution in [0.2, 0.25) is 0 Å². The van der Waals surface area contributed by atoms with Gasteiger partial charge in [-0.15, -0.1) is 11.8 Å². The number of aliphatic hydroxyl groups excluding tert-OH is 1. The maximum absolute atomic E-state index is 11.9. The molecular formula is C11H14N2O5S2. The molecular weight excluding hydrogens is 304 g/mol. The number of nitrogens with zero attached hydrogens (tertiary/aromatic N) is 1. The molecule has 2 amide bonds. The Morgan fingerprint density at radius 3 is 2.50 bits per heavy atom. The quantitative estimate of drug-likeness (QED) is 0.598. The third-order valence-electron chi connectivity index (χ3n) is 3.15. The van der Waals surface area contributed by atoms with Gasteiger partial charge in [0.15, 0.2) is 5.70 Å². The number of nitrogens with two attached hydrogens (primary N) is 1. The third-order valence-corrected chi connectivity index (χ3v) is 5.88. The lowest BCUT2D eigenvalue weighted by Crippen LogP contribution is -2.60. The maximum atomic E-state index is 11.9. The van der Waals surface area contributed by atoms with Crippen LogP contribution in [0.3, 0.4) is 0 Å². The Morgan fingerprint density at radius 2 is 2.05 bits per heavy atom. The summed E-state index contributed by atoms with van der Waals surface area (Å²) in [6.45, 7) is 3.07. The van der Waals surface area contributed by atoms with Crippen molar-refractivity contribution in [3.8, 4) is 0 Å². The number of carbonyl (C=O) groups is 3. The summed E-state index contributed by atoms with van der Waals surface area (Å²) < 4.78 is 0.380. The Morgan fingerprint density at radius 1 is 1.45 bits per heavy atom. The topological polar surface area (TPSA) is 121 Å². The van der Waals surface area contributed by atoms with Crippen LogP contribution >= 0.6 is 23.5 Å². The van der Waals surface area contributed by atoms with Crippen molar-refractivity contribution >= 4 is 41.3 Å². The average molecular weight is 318 g/mol. The highest BCUT2D eigenvalue weighted by atomic mass is 32.2. The van der Waals surface area contributed by atoms with Gasteiger partial charge in [0.05, 0.1) is 21.5 Å². The first-order valence-electron chi connectivity index (χ1n) is 5.87. The molecule has 2 heterocycles. The monoisotopic (exact) mass is 318 g/mol. The van der Waals surface area contributed by atoms with Crippen molar-refractivity contribution in [2.75, 3.05) is 0 Å². The fourth-order valence-electron chi connectivity index (χ4n) is 2.05. The van der Waals surface area contributed by atoms with Crippen LogP contribution < -0.4 is 5.73 Å². The van der Waals surface area contributed by atoms with Crippen molar-refractivity contribution in [3.63, 3.8) is 0 Å². The van der Waals surface area contributed by atoms with Crippen LogP contribution in [0.1, 0.15) is 13.8 Å². The summed E-state index contributed by atoms with van der Waals surface area (Å²) in [5.41, 5.74) is 5.04. The summed E-state index contributed by atoms with van der Waals surface area (Å²) in [6.07, 6.45) is -0.843. The van der Waals surface area contributed by atoms with E-state index in [0.717, 1.165) is 11.8 Å². The molecule has 4 N–H and O–H groups in total. The van der Waals surface area contributed by atoms with E-state index in [0.29, 0.717) is 4.24 Å². The zero-order valence-electron chi connectivity index (χ0n) is 10.8. The molecule has 0 aromatic heterocycles. The second kappa shape index (κ2) is 5.30. The average Bonchev–Trinajstić information content (AvgIpc) is 2.63. The van der Waals surface area contributed by atoms with Crippen molar-refractivity contribution < 1.29 is 24.6 Å². The molecule has 1 fully saturated rings. The Labute approximate surface area is 123 Å². The molecule has 0 saturated carbocycles. The predicted octanol–water partition coefficient (Wildman–Crippen LogP) is -0.241. The lowest BCUT2D eigenvalue weighted by Gasteiger charge is -2.43. The first-order chi connectivity index (χ1) is 9.25. The number of primary amides is 1. The molecule has 0 aromatic rings. The van der Waals surface area contributed by atoms with Gasteiger partial charge in [0, 0.05) is 0 Å². The van der Waals surface area contributed by atoms with Gasteiger partial charge in [-0.3, -0.25) is 14.5 Å². The highest BCUT2D eigenvalue weighted by Gasteiger charge is 2.57. The summed E-state index contributed by atoms with van der Waals surface area (Å²) in [5, 5.41) is 17.8. The van der Waals surface area contributed by atoms with Crippen LogP contribution in [-0.4, -0.2) is 49.6 Å². The smallest absolute Gasteiger partial charge is 0.354 e. The van der Waals surface area contributed by atoms with Gasteiger partial charge in [-0.2, -0.15) is 0 Å². The second-order valence-electron chi connectivity index (χ2n) is 4.59. The first kappa shape index (κ1) is 15.2. The minimum atomic E-state index is -1.23. The fourth-order valence-corrected chi connectivity index (χ4v) is 5.06. The third kappa shape index (κ3) is 2.29. The van der Waals surface area contributed by atoms with Crippen molar-refractivity contribution in [2.24, 2.45) is 11.7 Å². The summed E-state index contributed by atoms with van der Waals surface area (Å²) in [7, 11) is 0. The Hall–Kier alpha value is -1.19. The molecule has 20 heavy (non-hydrogen) atoms. The Balaban J connectivity index is 2.26. The van der Waals surface area contributed by atoms with E-state index in [9.17, 15) is 24.6 Å². The van der Waals surface area contributed by atoms with E-state index in [1.54, 1.807) is 6.92 Å². The number of β-lactam (4-membered cyclic amide) rings is 1. The van der Waals surface area contributed by atoms with Gasteiger partial charge in [-0.05, 0) is 13.8 Å². The van der Waals surface area contributed by atoms with Gasteiger partial charge < -0.3 is 15.9 Å². The van der Waals surface area contributed by atoms with Crippen molar-refractivity contribution in [3.05, 3.63) is 9.93 Å². The molecule has 0 radical (unpaired) electrons. The van der Waals surface area contributed by atoms with Gasteiger partial charge in [-0.1, -0.05) is 11.8 Å². The maximum Gasteiger partial charge on any atom is 0.354 e. The normalized spacial score (nSPS) is 27.9. The second-order valence-corrected chi connectivity index (χ2v) is 7.32. The zero-order chi connectivity index (χ0) is 15.2. The summed E-state index contributed by atoms with van der Waals surface area (Å²) in [5.74, 6) is -2.80. The molecule has 2 aliphatic rings. The van der Waals surface area contributed by atoms with Crippen LogP contribution in [0.5, 0.6) is 0 Å². The molecule has 3 unspecified atom stereocenters. The van der Waals surface area contributed by atoms with Gasteiger partial charge in [0.2, 0.25) is 11.8 Å². The molecule has 0 bridgehead atoms. The standard InChI is InChI=1S/C11H14N2O5S2/c1-3(14)5-8(16)13-6(10(17)18)11(20-9(5)13)19-4(2)7(12)15/h3-5,9,14H,1-2H3,(H2,12,15)(H,17,18)/t3?,4?,5?,9-/m1/s1. The van der Waals surface area contributed by atoms with E-state index < -0.39 is 40.4 Å². The summed E-state index contributed by atoms with van der Waals surface area (Å²) in [6, 6.07) is 0. The Kier molecular flexibility index (Phi) is 4.03. The van der Waals surface area contributed by atoms with Crippen molar-refractivity contribution in [2.45, 2.75) is 30.6 Å². The van der Waals surface area contributed by atoms with Gasteiger partial charge in [0.1, 0.15) is 5.37 Å². The van der Waals surface area contributed by atoms with E-state index in [-0.39, 0.29) is 5.70 Å². The zero-order valence-corrected chi connectivity index (χ0v) is 12.4. The number of amides is 2. The van der Waals surface area contributed by atoms with E-state index in [1.807, 2.05) is 0 Å². The predicted molar refractivity (Wildman–Crippen MR) is 74.3 cm³/mol. The number of aliphatic hydroxyl groups is 1. The fraction of sp³-hybridized carbons (Fsp3) is 0.545. The number of hydrogen-bond acceptors (Lipinski definition) is 6. The number of aliphatic carboxylic acids is 1. The van der Waals surface area contributed by atoms with E-state index >= 15 is 0 Å². The lowest BCUT2D eigenvalue weighted by atomic mass is 9.92.